The van der Waals surface area contributed by atoms with E-state index >= 15 is 0 Å². The highest BCUT2D eigenvalue weighted by Crippen LogP contribution is 2.42. The van der Waals surface area contributed by atoms with Gasteiger partial charge in [-0.15, -0.1) is 0 Å². The van der Waals surface area contributed by atoms with E-state index in [-0.39, 0.29) is 0 Å². The molecule has 0 spiro atoms. The van der Waals surface area contributed by atoms with Crippen LogP contribution in [0.15, 0.2) is 140 Å². The van der Waals surface area contributed by atoms with Crippen molar-refractivity contribution in [3.8, 4) is 22.3 Å². The average molecular weight is 482 g/mol. The minimum absolute atomic E-state index is 1.17. The third kappa shape index (κ3) is 3.09. The maximum absolute atomic E-state index is 4.59. The third-order valence-corrected chi connectivity index (χ3v) is 7.93. The van der Waals surface area contributed by atoms with Crippen molar-refractivity contribution >= 4 is 53.9 Å². The van der Waals surface area contributed by atoms with Gasteiger partial charge in [-0.2, -0.15) is 0 Å². The van der Waals surface area contributed by atoms with E-state index in [1.165, 1.54) is 76.1 Å². The lowest BCUT2D eigenvalue weighted by atomic mass is 9.87. The Bertz CT molecular complexity index is 2030. The second-order valence-electron chi connectivity index (χ2n) is 9.96. The van der Waals surface area contributed by atoms with Gasteiger partial charge in [0.2, 0.25) is 0 Å². The smallest absolute Gasteiger partial charge is 0.0352 e. The molecule has 0 atom stereocenters. The summed E-state index contributed by atoms with van der Waals surface area (Å²) in [6, 6.07) is 46.3. The average Bonchev–Trinajstić information content (AvgIpc) is 3.00. The monoisotopic (exact) mass is 481 g/mol. The summed E-state index contributed by atoms with van der Waals surface area (Å²) in [6.07, 6.45) is 3.94. The third-order valence-electron chi connectivity index (χ3n) is 7.93. The lowest BCUT2D eigenvalue weighted by molar-refractivity contribution is 1.36. The Kier molecular flexibility index (Phi) is 4.59. The number of rotatable bonds is 2. The fourth-order valence-electron chi connectivity index (χ4n) is 6.21. The zero-order valence-electron chi connectivity index (χ0n) is 20.7. The molecule has 0 aliphatic rings. The summed E-state index contributed by atoms with van der Waals surface area (Å²) in [4.78, 5) is 4.59. The number of aromatic nitrogens is 1. The molecule has 7 aromatic carbocycles. The largest absolute Gasteiger partial charge is 0.264 e. The van der Waals surface area contributed by atoms with Crippen LogP contribution in [0.1, 0.15) is 0 Å². The molecule has 0 fully saturated rings. The molecule has 8 aromatic rings. The molecule has 0 bridgehead atoms. The maximum Gasteiger partial charge on any atom is 0.0352 e. The first kappa shape index (κ1) is 21.1. The Labute approximate surface area is 220 Å². The minimum Gasteiger partial charge on any atom is -0.264 e. The van der Waals surface area contributed by atoms with Crippen LogP contribution in [-0.2, 0) is 0 Å². The first-order valence-electron chi connectivity index (χ1n) is 13.1. The van der Waals surface area contributed by atoms with Crippen LogP contribution in [0.3, 0.4) is 0 Å². The van der Waals surface area contributed by atoms with Crippen molar-refractivity contribution in [3.63, 3.8) is 0 Å². The SMILES string of the molecule is c1ccc2c(c1)cc(-c1ccc(-c3cc4ccccc4c4ccccc34)c3cnccc13)c1ccccc12. The molecule has 0 radical (unpaired) electrons. The van der Waals surface area contributed by atoms with E-state index in [0.717, 1.165) is 0 Å². The van der Waals surface area contributed by atoms with Crippen molar-refractivity contribution in [2.24, 2.45) is 0 Å². The van der Waals surface area contributed by atoms with Crippen LogP contribution >= 0.6 is 0 Å². The van der Waals surface area contributed by atoms with Crippen LogP contribution < -0.4 is 0 Å². The summed E-state index contributed by atoms with van der Waals surface area (Å²) < 4.78 is 0. The predicted molar refractivity (Wildman–Crippen MR) is 163 cm³/mol. The summed E-state index contributed by atoms with van der Waals surface area (Å²) in [7, 11) is 0. The topological polar surface area (TPSA) is 12.9 Å². The fourth-order valence-corrected chi connectivity index (χ4v) is 6.21. The predicted octanol–water partition coefficient (Wildman–Crippen LogP) is 10.2. The van der Waals surface area contributed by atoms with E-state index < -0.39 is 0 Å². The second-order valence-corrected chi connectivity index (χ2v) is 9.96. The molecule has 0 N–H and O–H groups in total. The Balaban J connectivity index is 1.46. The zero-order chi connectivity index (χ0) is 25.1. The number of hydrogen-bond acceptors (Lipinski definition) is 1. The van der Waals surface area contributed by atoms with Gasteiger partial charge in [0.15, 0.2) is 0 Å². The van der Waals surface area contributed by atoms with Crippen LogP contribution in [0, 0.1) is 0 Å². The highest BCUT2D eigenvalue weighted by atomic mass is 14.6. The first-order valence-corrected chi connectivity index (χ1v) is 13.1. The normalized spacial score (nSPS) is 11.7. The molecule has 0 aliphatic carbocycles. The molecule has 1 heteroatoms. The van der Waals surface area contributed by atoms with Crippen LogP contribution in [0.5, 0.6) is 0 Å². The molecular weight excluding hydrogens is 458 g/mol. The van der Waals surface area contributed by atoms with Crippen molar-refractivity contribution in [1.29, 1.82) is 0 Å². The van der Waals surface area contributed by atoms with Gasteiger partial charge in [-0.1, -0.05) is 109 Å². The molecule has 1 nitrogen and oxygen atoms in total. The van der Waals surface area contributed by atoms with Gasteiger partial charge in [0.05, 0.1) is 0 Å². The van der Waals surface area contributed by atoms with E-state index in [2.05, 4.69) is 132 Å². The van der Waals surface area contributed by atoms with Crippen molar-refractivity contribution in [1.82, 2.24) is 4.98 Å². The summed E-state index contributed by atoms with van der Waals surface area (Å²) in [5.41, 5.74) is 4.94. The van der Waals surface area contributed by atoms with Gasteiger partial charge < -0.3 is 0 Å². The number of hydrogen-bond donors (Lipinski definition) is 0. The molecule has 0 amide bonds. The van der Waals surface area contributed by atoms with Gasteiger partial charge in [0.25, 0.3) is 0 Å². The number of fused-ring (bicyclic) bond motifs is 7. The highest BCUT2D eigenvalue weighted by Gasteiger charge is 2.16. The van der Waals surface area contributed by atoms with Crippen molar-refractivity contribution < 1.29 is 0 Å². The van der Waals surface area contributed by atoms with Crippen LogP contribution in [0.25, 0.3) is 76.1 Å². The summed E-state index contributed by atoms with van der Waals surface area (Å²) in [5, 5.41) is 12.6. The molecule has 1 aromatic heterocycles. The number of pyridine rings is 1. The fraction of sp³-hybridized carbons (Fsp3) is 0. The highest BCUT2D eigenvalue weighted by molar-refractivity contribution is 6.19. The lowest BCUT2D eigenvalue weighted by Gasteiger charge is -2.17. The zero-order valence-corrected chi connectivity index (χ0v) is 20.7. The molecule has 8 rings (SSSR count). The summed E-state index contributed by atoms with van der Waals surface area (Å²) >= 11 is 0. The molecule has 0 saturated heterocycles. The minimum atomic E-state index is 1.17. The van der Waals surface area contributed by atoms with E-state index in [1.807, 2.05) is 12.4 Å². The summed E-state index contributed by atoms with van der Waals surface area (Å²) in [6.45, 7) is 0. The van der Waals surface area contributed by atoms with E-state index in [0.29, 0.717) is 0 Å². The van der Waals surface area contributed by atoms with E-state index in [1.54, 1.807) is 0 Å². The van der Waals surface area contributed by atoms with Crippen LogP contribution in [0.2, 0.25) is 0 Å². The maximum atomic E-state index is 4.59. The van der Waals surface area contributed by atoms with Gasteiger partial charge in [-0.25, -0.2) is 0 Å². The quantitative estimate of drug-likeness (QED) is 0.224. The van der Waals surface area contributed by atoms with Crippen molar-refractivity contribution in [3.05, 3.63) is 140 Å². The molecule has 38 heavy (non-hydrogen) atoms. The Morgan fingerprint density at radius 3 is 1.29 bits per heavy atom. The number of benzene rings is 7. The molecule has 0 saturated carbocycles. The Hall–Kier alpha value is -5.01. The molecular formula is C37H23N. The van der Waals surface area contributed by atoms with Gasteiger partial charge in [0, 0.05) is 17.8 Å². The van der Waals surface area contributed by atoms with Gasteiger partial charge >= 0.3 is 0 Å². The van der Waals surface area contributed by atoms with E-state index in [9.17, 15) is 0 Å². The van der Waals surface area contributed by atoms with Gasteiger partial charge in [-0.05, 0) is 88.9 Å². The van der Waals surface area contributed by atoms with Crippen LogP contribution in [-0.4, -0.2) is 4.98 Å². The standard InChI is InChI=1S/C37H23N/c1-3-11-26-24(9-1)21-35(30-15-7-5-13-28(26)30)32-17-18-33(37-23-38-20-19-34(32)37)36-22-25-10-2-4-12-27(25)29-14-6-8-16-31(29)36/h1-23H. The Morgan fingerprint density at radius 1 is 0.316 bits per heavy atom. The van der Waals surface area contributed by atoms with Gasteiger partial charge in [-0.3, -0.25) is 4.98 Å². The summed E-state index contributed by atoms with van der Waals surface area (Å²) in [5.74, 6) is 0. The number of nitrogens with zero attached hydrogens (tertiary/aromatic N) is 1. The van der Waals surface area contributed by atoms with Crippen LogP contribution in [0.4, 0.5) is 0 Å². The van der Waals surface area contributed by atoms with E-state index in [4.69, 9.17) is 0 Å². The molecule has 176 valence electrons. The molecule has 1 heterocycles. The first-order chi connectivity index (χ1) is 18.9. The van der Waals surface area contributed by atoms with Crippen molar-refractivity contribution in [2.45, 2.75) is 0 Å². The van der Waals surface area contributed by atoms with Crippen molar-refractivity contribution in [2.75, 3.05) is 0 Å². The Morgan fingerprint density at radius 2 is 0.737 bits per heavy atom. The molecule has 0 aliphatic heterocycles. The molecule has 0 unspecified atom stereocenters. The lowest BCUT2D eigenvalue weighted by Crippen LogP contribution is -1.90. The van der Waals surface area contributed by atoms with Gasteiger partial charge in [0.1, 0.15) is 0 Å². The second kappa shape index (κ2) is 8.26.